The molecule has 0 aromatic carbocycles. The lowest BCUT2D eigenvalue weighted by atomic mass is 10.4. The van der Waals surface area contributed by atoms with Gasteiger partial charge >= 0.3 is 0 Å². The second kappa shape index (κ2) is 4.42. The number of nitrogens with one attached hydrogen (secondary N) is 1. The topological polar surface area (TPSA) is 63.6 Å². The largest absolute Gasteiger partial charge is 0.363 e. The summed E-state index contributed by atoms with van der Waals surface area (Å²) in [6.45, 7) is 0.609. The Hall–Kier alpha value is -2.08. The molecular formula is C11H9N5S. The highest BCUT2D eigenvalue weighted by atomic mass is 32.1. The third kappa shape index (κ3) is 2.07. The van der Waals surface area contributed by atoms with E-state index in [1.807, 2.05) is 23.6 Å². The predicted octanol–water partition coefficient (Wildman–Crippen LogP) is 2.09. The first-order chi connectivity index (χ1) is 8.43. The molecule has 1 N–H and O–H groups in total. The van der Waals surface area contributed by atoms with E-state index in [0.717, 1.165) is 21.7 Å². The zero-order chi connectivity index (χ0) is 11.5. The number of nitrogens with zero attached hydrogens (tertiary/aromatic N) is 4. The van der Waals surface area contributed by atoms with Gasteiger partial charge in [0.2, 0.25) is 0 Å². The van der Waals surface area contributed by atoms with Gasteiger partial charge in [-0.15, -0.1) is 11.3 Å². The minimum Gasteiger partial charge on any atom is -0.363 e. The van der Waals surface area contributed by atoms with Crippen molar-refractivity contribution >= 4 is 27.4 Å². The van der Waals surface area contributed by atoms with Crippen LogP contribution in [0.15, 0.2) is 36.1 Å². The molecule has 0 spiro atoms. The lowest BCUT2D eigenvalue weighted by Crippen LogP contribution is -2.03. The van der Waals surface area contributed by atoms with Crippen LogP contribution in [0.25, 0.3) is 10.2 Å². The lowest BCUT2D eigenvalue weighted by Gasteiger charge is -2.04. The van der Waals surface area contributed by atoms with Gasteiger partial charge in [-0.1, -0.05) is 0 Å². The van der Waals surface area contributed by atoms with E-state index < -0.39 is 0 Å². The maximum atomic E-state index is 4.23. The fourth-order valence-corrected chi connectivity index (χ4v) is 2.33. The molecule has 0 aliphatic heterocycles. The van der Waals surface area contributed by atoms with E-state index in [2.05, 4.69) is 25.5 Å². The Labute approximate surface area is 102 Å². The van der Waals surface area contributed by atoms with Crippen molar-refractivity contribution in [2.24, 2.45) is 0 Å². The van der Waals surface area contributed by atoms with Crippen molar-refractivity contribution in [2.75, 3.05) is 5.32 Å². The summed E-state index contributed by atoms with van der Waals surface area (Å²) in [5.74, 6) is 0.843. The van der Waals surface area contributed by atoms with Crippen LogP contribution >= 0.6 is 11.3 Å². The van der Waals surface area contributed by atoms with Crippen LogP contribution in [0.3, 0.4) is 0 Å². The van der Waals surface area contributed by atoms with Gasteiger partial charge < -0.3 is 5.32 Å². The van der Waals surface area contributed by atoms with Crippen molar-refractivity contribution < 1.29 is 0 Å². The van der Waals surface area contributed by atoms with Gasteiger partial charge in [-0.05, 0) is 23.6 Å². The van der Waals surface area contributed by atoms with Gasteiger partial charge in [-0.25, -0.2) is 9.97 Å². The Morgan fingerprint density at radius 2 is 2.24 bits per heavy atom. The van der Waals surface area contributed by atoms with Gasteiger partial charge in [-0.2, -0.15) is 10.2 Å². The molecule has 84 valence electrons. The van der Waals surface area contributed by atoms with E-state index in [1.165, 1.54) is 0 Å². The first-order valence-electron chi connectivity index (χ1n) is 5.12. The standard InChI is InChI=1S/C11H9N5S/c1-2-8(16-15-4-1)6-12-11-10-9(3-5-17-10)13-7-14-11/h1-5,7H,6H2,(H,12,13,14). The second-order valence-corrected chi connectivity index (χ2v) is 4.34. The summed E-state index contributed by atoms with van der Waals surface area (Å²) in [7, 11) is 0. The summed E-state index contributed by atoms with van der Waals surface area (Å²) in [5.41, 5.74) is 1.85. The molecule has 3 aromatic heterocycles. The van der Waals surface area contributed by atoms with E-state index in [4.69, 9.17) is 0 Å². The van der Waals surface area contributed by atoms with E-state index in [9.17, 15) is 0 Å². The quantitative estimate of drug-likeness (QED) is 0.763. The summed E-state index contributed by atoms with van der Waals surface area (Å²) in [6, 6.07) is 5.77. The van der Waals surface area contributed by atoms with E-state index in [1.54, 1.807) is 23.9 Å². The molecule has 0 atom stereocenters. The average molecular weight is 243 g/mol. The van der Waals surface area contributed by atoms with Gasteiger partial charge in [0.25, 0.3) is 0 Å². The van der Waals surface area contributed by atoms with Crippen molar-refractivity contribution in [1.29, 1.82) is 0 Å². The molecule has 3 rings (SSSR count). The Kier molecular flexibility index (Phi) is 2.63. The predicted molar refractivity (Wildman–Crippen MR) is 66.8 cm³/mol. The Morgan fingerprint density at radius 1 is 1.24 bits per heavy atom. The molecule has 6 heteroatoms. The summed E-state index contributed by atoms with van der Waals surface area (Å²) in [5, 5.41) is 13.1. The van der Waals surface area contributed by atoms with Gasteiger partial charge in [0.05, 0.1) is 22.5 Å². The summed E-state index contributed by atoms with van der Waals surface area (Å²) in [6.07, 6.45) is 3.22. The maximum absolute atomic E-state index is 4.23. The molecular weight excluding hydrogens is 234 g/mol. The van der Waals surface area contributed by atoms with Crippen molar-refractivity contribution in [3.05, 3.63) is 41.8 Å². The normalized spacial score (nSPS) is 10.6. The molecule has 0 saturated heterocycles. The molecule has 3 heterocycles. The van der Waals surface area contributed by atoms with Gasteiger partial charge in [0.1, 0.15) is 12.1 Å². The van der Waals surface area contributed by atoms with Gasteiger partial charge in [0, 0.05) is 6.20 Å². The summed E-state index contributed by atoms with van der Waals surface area (Å²) < 4.78 is 1.07. The van der Waals surface area contributed by atoms with Crippen LogP contribution in [0.4, 0.5) is 5.82 Å². The van der Waals surface area contributed by atoms with Crippen LogP contribution < -0.4 is 5.32 Å². The molecule has 3 aromatic rings. The highest BCUT2D eigenvalue weighted by Gasteiger charge is 2.04. The van der Waals surface area contributed by atoms with Crippen LogP contribution in [0.5, 0.6) is 0 Å². The zero-order valence-corrected chi connectivity index (χ0v) is 9.68. The maximum Gasteiger partial charge on any atom is 0.147 e. The molecule has 0 fully saturated rings. The van der Waals surface area contributed by atoms with E-state index >= 15 is 0 Å². The third-order valence-electron chi connectivity index (χ3n) is 2.31. The molecule has 0 saturated carbocycles. The van der Waals surface area contributed by atoms with Crippen molar-refractivity contribution in [3.8, 4) is 0 Å². The molecule has 0 radical (unpaired) electrons. The number of aromatic nitrogens is 4. The molecule has 0 bridgehead atoms. The van der Waals surface area contributed by atoms with Crippen LogP contribution in [0, 0.1) is 0 Å². The second-order valence-electron chi connectivity index (χ2n) is 3.43. The number of hydrogen-bond acceptors (Lipinski definition) is 6. The summed E-state index contributed by atoms with van der Waals surface area (Å²) >= 11 is 1.63. The fraction of sp³-hybridized carbons (Fsp3) is 0.0909. The number of rotatable bonds is 3. The van der Waals surface area contributed by atoms with Crippen molar-refractivity contribution in [3.63, 3.8) is 0 Å². The molecule has 0 amide bonds. The van der Waals surface area contributed by atoms with Crippen LogP contribution in [0.2, 0.25) is 0 Å². The highest BCUT2D eigenvalue weighted by Crippen LogP contribution is 2.24. The lowest BCUT2D eigenvalue weighted by molar-refractivity contribution is 0.921. The first kappa shape index (κ1) is 10.1. The SMILES string of the molecule is c1cnnc(CNc2ncnc3ccsc23)c1. The molecule has 0 unspecified atom stereocenters. The molecule has 0 aliphatic carbocycles. The number of fused-ring (bicyclic) bond motifs is 1. The first-order valence-corrected chi connectivity index (χ1v) is 6.00. The monoisotopic (exact) mass is 243 g/mol. The average Bonchev–Trinajstić information content (AvgIpc) is 2.86. The van der Waals surface area contributed by atoms with E-state index in [-0.39, 0.29) is 0 Å². The zero-order valence-electron chi connectivity index (χ0n) is 8.87. The molecule has 5 nitrogen and oxygen atoms in total. The molecule has 17 heavy (non-hydrogen) atoms. The highest BCUT2D eigenvalue weighted by molar-refractivity contribution is 7.17. The van der Waals surface area contributed by atoms with Crippen LogP contribution in [-0.2, 0) is 6.54 Å². The van der Waals surface area contributed by atoms with Gasteiger partial charge in [-0.3, -0.25) is 0 Å². The van der Waals surface area contributed by atoms with Crippen molar-refractivity contribution in [2.45, 2.75) is 6.54 Å². The smallest absolute Gasteiger partial charge is 0.147 e. The minimum absolute atomic E-state index is 0.609. The summed E-state index contributed by atoms with van der Waals surface area (Å²) in [4.78, 5) is 8.42. The van der Waals surface area contributed by atoms with Crippen LogP contribution in [0.1, 0.15) is 5.69 Å². The number of anilines is 1. The van der Waals surface area contributed by atoms with Gasteiger partial charge in [0.15, 0.2) is 0 Å². The van der Waals surface area contributed by atoms with Crippen molar-refractivity contribution in [1.82, 2.24) is 20.2 Å². The molecule has 0 aliphatic rings. The number of hydrogen-bond donors (Lipinski definition) is 1. The number of thiophene rings is 1. The van der Waals surface area contributed by atoms with E-state index in [0.29, 0.717) is 6.54 Å². The Balaban J connectivity index is 1.84. The van der Waals surface area contributed by atoms with Crippen LogP contribution in [-0.4, -0.2) is 20.2 Å². The Bertz CT molecular complexity index is 622. The fourth-order valence-electron chi connectivity index (χ4n) is 1.52. The third-order valence-corrected chi connectivity index (χ3v) is 3.22. The Morgan fingerprint density at radius 3 is 3.12 bits per heavy atom. The minimum atomic E-state index is 0.609.